The van der Waals surface area contributed by atoms with Gasteiger partial charge in [-0.2, -0.15) is 0 Å². The number of hydrogen-bond acceptors (Lipinski definition) is 4. The Bertz CT molecular complexity index is 666. The van der Waals surface area contributed by atoms with Gasteiger partial charge in [0.15, 0.2) is 0 Å². The highest BCUT2D eigenvalue weighted by Gasteiger charge is 2.36. The van der Waals surface area contributed by atoms with Gasteiger partial charge in [0.05, 0.1) is 0 Å². The molecule has 1 aliphatic heterocycles. The van der Waals surface area contributed by atoms with Gasteiger partial charge in [-0.3, -0.25) is 4.79 Å². The van der Waals surface area contributed by atoms with Crippen LogP contribution < -0.4 is 0 Å². The molecule has 0 amide bonds. The van der Waals surface area contributed by atoms with E-state index in [9.17, 15) is 9.59 Å². The second-order valence-corrected chi connectivity index (χ2v) is 7.42. The molecule has 2 rings (SSSR count). The molecule has 0 N–H and O–H groups in total. The summed E-state index contributed by atoms with van der Waals surface area (Å²) >= 11 is 0. The van der Waals surface area contributed by atoms with Crippen LogP contribution in [0.5, 0.6) is 0 Å². The summed E-state index contributed by atoms with van der Waals surface area (Å²) in [6.07, 6.45) is 10.0. The average molecular weight is 358 g/mol. The minimum absolute atomic E-state index is 0.0327. The van der Waals surface area contributed by atoms with Crippen LogP contribution in [0.1, 0.15) is 59.8 Å². The normalized spacial score (nSPS) is 34.2. The molecule has 0 aromatic rings. The molecular weight excluding hydrogens is 328 g/mol. The zero-order valence-corrected chi connectivity index (χ0v) is 16.3. The number of fused-ring (bicyclic) bond motifs is 1. The third kappa shape index (κ3) is 5.45. The van der Waals surface area contributed by atoms with Crippen LogP contribution >= 0.6 is 0 Å². The lowest BCUT2D eigenvalue weighted by molar-refractivity contribution is -0.144. The smallest absolute Gasteiger partial charge is 0.334 e. The molecule has 0 saturated carbocycles. The molecule has 4 heteroatoms. The van der Waals surface area contributed by atoms with Crippen LogP contribution in [0.25, 0.3) is 0 Å². The molecule has 2 aliphatic rings. The molecule has 26 heavy (non-hydrogen) atoms. The molecule has 4 nitrogen and oxygen atoms in total. The maximum atomic E-state index is 11.9. The van der Waals surface area contributed by atoms with E-state index in [2.05, 4.69) is 38.7 Å². The maximum Gasteiger partial charge on any atom is 0.334 e. The van der Waals surface area contributed by atoms with Crippen LogP contribution in [-0.2, 0) is 19.1 Å². The van der Waals surface area contributed by atoms with Crippen molar-refractivity contribution in [2.45, 2.75) is 72.0 Å². The Morgan fingerprint density at radius 1 is 1.19 bits per heavy atom. The lowest BCUT2D eigenvalue weighted by atomic mass is 9.88. The van der Waals surface area contributed by atoms with Gasteiger partial charge in [-0.05, 0) is 58.1 Å². The largest absolute Gasteiger partial charge is 0.458 e. The molecule has 0 unspecified atom stereocenters. The summed E-state index contributed by atoms with van der Waals surface area (Å²) in [5.74, 6) is -0.502. The van der Waals surface area contributed by atoms with E-state index in [-0.39, 0.29) is 30.1 Å². The van der Waals surface area contributed by atoms with Gasteiger partial charge in [-0.1, -0.05) is 29.9 Å². The first-order valence-corrected chi connectivity index (χ1v) is 9.34. The molecule has 1 aliphatic carbocycles. The fourth-order valence-electron chi connectivity index (χ4n) is 3.46. The molecule has 1 fully saturated rings. The van der Waals surface area contributed by atoms with E-state index < -0.39 is 0 Å². The van der Waals surface area contributed by atoms with E-state index in [1.807, 2.05) is 6.92 Å². The first kappa shape index (κ1) is 20.2. The fraction of sp³-hybridized carbons (Fsp3) is 0.545. The van der Waals surface area contributed by atoms with Gasteiger partial charge in [0.1, 0.15) is 12.2 Å². The molecule has 1 saturated heterocycles. The molecular formula is C22H30O4. The van der Waals surface area contributed by atoms with Crippen LogP contribution in [0.4, 0.5) is 0 Å². The quantitative estimate of drug-likeness (QED) is 0.383. The van der Waals surface area contributed by atoms with Crippen molar-refractivity contribution < 1.29 is 19.1 Å². The maximum absolute atomic E-state index is 11.9. The molecule has 0 spiro atoms. The van der Waals surface area contributed by atoms with Crippen molar-refractivity contribution in [2.24, 2.45) is 5.92 Å². The second kappa shape index (κ2) is 9.02. The molecule has 1 heterocycles. The monoisotopic (exact) mass is 358 g/mol. The number of carbonyl (C=O) groups excluding carboxylic acids is 2. The Morgan fingerprint density at radius 3 is 2.62 bits per heavy atom. The molecule has 0 aromatic heterocycles. The van der Waals surface area contributed by atoms with Gasteiger partial charge >= 0.3 is 11.9 Å². The van der Waals surface area contributed by atoms with Crippen molar-refractivity contribution in [3.8, 4) is 0 Å². The number of ether oxygens (including phenoxy) is 2. The Balaban J connectivity index is 2.25. The number of rotatable bonds is 1. The van der Waals surface area contributed by atoms with E-state index >= 15 is 0 Å². The van der Waals surface area contributed by atoms with E-state index in [0.717, 1.165) is 31.3 Å². The van der Waals surface area contributed by atoms with Crippen LogP contribution in [-0.4, -0.2) is 24.1 Å². The first-order valence-electron chi connectivity index (χ1n) is 9.34. The van der Waals surface area contributed by atoms with Crippen molar-refractivity contribution in [3.63, 3.8) is 0 Å². The van der Waals surface area contributed by atoms with Crippen LogP contribution in [0.3, 0.4) is 0 Å². The third-order valence-corrected chi connectivity index (χ3v) is 5.15. The van der Waals surface area contributed by atoms with Crippen molar-refractivity contribution in [1.82, 2.24) is 0 Å². The van der Waals surface area contributed by atoms with Crippen molar-refractivity contribution in [3.05, 3.63) is 47.1 Å². The number of hydrogen-bond donors (Lipinski definition) is 0. The SMILES string of the molecule is C=C1C(=O)O[C@H]2/C=C(/C)CC/C=C(/C)[C@H](OC(C)=O)C/C=C(/C)CC[C@H]12. The van der Waals surface area contributed by atoms with Crippen molar-refractivity contribution >= 4 is 11.9 Å². The summed E-state index contributed by atoms with van der Waals surface area (Å²) in [5, 5.41) is 0. The van der Waals surface area contributed by atoms with Gasteiger partial charge in [-0.15, -0.1) is 0 Å². The van der Waals surface area contributed by atoms with Crippen molar-refractivity contribution in [1.29, 1.82) is 0 Å². The standard InChI is InChI=1S/C22H30O4/c1-14-9-11-19-17(4)22(24)26-21(19)13-15(2)7-6-8-16(3)20(12-10-14)25-18(5)23/h8,10,13,19-21H,4,6-7,9,11-12H2,1-3,5H3/b14-10-,15-13-,16-8-/t19-,20-,21+/m1/s1. The van der Waals surface area contributed by atoms with Gasteiger partial charge in [0, 0.05) is 24.8 Å². The Kier molecular flexibility index (Phi) is 7.01. The summed E-state index contributed by atoms with van der Waals surface area (Å²) in [5.41, 5.74) is 4.07. The Morgan fingerprint density at radius 2 is 1.92 bits per heavy atom. The minimum Gasteiger partial charge on any atom is -0.458 e. The minimum atomic E-state index is -0.277. The fourth-order valence-corrected chi connectivity index (χ4v) is 3.46. The zero-order valence-electron chi connectivity index (χ0n) is 16.3. The summed E-state index contributed by atoms with van der Waals surface area (Å²) in [7, 11) is 0. The predicted molar refractivity (Wildman–Crippen MR) is 102 cm³/mol. The molecule has 0 bridgehead atoms. The van der Waals surface area contributed by atoms with E-state index in [1.54, 1.807) is 0 Å². The van der Waals surface area contributed by atoms with Gasteiger partial charge < -0.3 is 9.47 Å². The van der Waals surface area contributed by atoms with Crippen LogP contribution in [0, 0.1) is 5.92 Å². The highest BCUT2D eigenvalue weighted by molar-refractivity contribution is 5.91. The van der Waals surface area contributed by atoms with Gasteiger partial charge in [0.2, 0.25) is 0 Å². The van der Waals surface area contributed by atoms with Crippen LogP contribution in [0.15, 0.2) is 47.1 Å². The first-order chi connectivity index (χ1) is 12.3. The molecule has 3 atom stereocenters. The Hall–Kier alpha value is -2.10. The van der Waals surface area contributed by atoms with E-state index in [0.29, 0.717) is 12.0 Å². The molecule has 142 valence electrons. The van der Waals surface area contributed by atoms with Crippen LogP contribution in [0.2, 0.25) is 0 Å². The lowest BCUT2D eigenvalue weighted by Crippen LogP contribution is -2.17. The van der Waals surface area contributed by atoms with E-state index in [4.69, 9.17) is 9.47 Å². The number of esters is 2. The summed E-state index contributed by atoms with van der Waals surface area (Å²) < 4.78 is 11.0. The topological polar surface area (TPSA) is 52.6 Å². The second-order valence-electron chi connectivity index (χ2n) is 7.42. The number of allylic oxidation sites excluding steroid dienone is 3. The molecule has 0 aromatic carbocycles. The summed E-state index contributed by atoms with van der Waals surface area (Å²) in [6, 6.07) is 0. The van der Waals surface area contributed by atoms with Gasteiger partial charge in [0.25, 0.3) is 0 Å². The van der Waals surface area contributed by atoms with Crippen molar-refractivity contribution in [2.75, 3.05) is 0 Å². The zero-order chi connectivity index (χ0) is 19.3. The van der Waals surface area contributed by atoms with Gasteiger partial charge in [-0.25, -0.2) is 4.79 Å². The highest BCUT2D eigenvalue weighted by Crippen LogP contribution is 2.33. The predicted octanol–water partition coefficient (Wildman–Crippen LogP) is 4.82. The lowest BCUT2D eigenvalue weighted by Gasteiger charge is -2.19. The average Bonchev–Trinajstić information content (AvgIpc) is 2.82. The highest BCUT2D eigenvalue weighted by atomic mass is 16.6. The third-order valence-electron chi connectivity index (χ3n) is 5.15. The van der Waals surface area contributed by atoms with E-state index in [1.165, 1.54) is 18.1 Å². The molecule has 0 radical (unpaired) electrons. The Labute approximate surface area is 156 Å². The number of carbonyl (C=O) groups is 2. The summed E-state index contributed by atoms with van der Waals surface area (Å²) in [6.45, 7) is 11.5. The summed E-state index contributed by atoms with van der Waals surface area (Å²) in [4.78, 5) is 23.4.